The zero-order valence-corrected chi connectivity index (χ0v) is 8.37. The fourth-order valence-corrected chi connectivity index (χ4v) is 1.25. The van der Waals surface area contributed by atoms with Crippen LogP contribution < -0.4 is 0 Å². The summed E-state index contributed by atoms with van der Waals surface area (Å²) in [4.78, 5) is 7.88. The standard InChI is InChI=1S/C9H11N5O/c1-15-3-2-14-7-12-13-9(14)8-4-10-6-11-5-8/h4-7H,2-3H2,1H3. The fourth-order valence-electron chi connectivity index (χ4n) is 1.25. The van der Waals surface area contributed by atoms with E-state index >= 15 is 0 Å². The van der Waals surface area contributed by atoms with Gasteiger partial charge in [-0.3, -0.25) is 0 Å². The Balaban J connectivity index is 2.25. The third kappa shape index (κ3) is 2.16. The van der Waals surface area contributed by atoms with Crippen molar-refractivity contribution in [1.29, 1.82) is 0 Å². The second-order valence-corrected chi connectivity index (χ2v) is 2.97. The van der Waals surface area contributed by atoms with Crippen LogP contribution in [0.5, 0.6) is 0 Å². The maximum absolute atomic E-state index is 5.00. The summed E-state index contributed by atoms with van der Waals surface area (Å²) in [5, 5.41) is 7.87. The van der Waals surface area contributed by atoms with Crippen LogP contribution in [-0.2, 0) is 11.3 Å². The Bertz CT molecular complexity index is 413. The molecular weight excluding hydrogens is 194 g/mol. The van der Waals surface area contributed by atoms with Crippen LogP contribution in [0.3, 0.4) is 0 Å². The first-order chi connectivity index (χ1) is 7.42. The molecule has 0 unspecified atom stereocenters. The van der Waals surface area contributed by atoms with Crippen molar-refractivity contribution >= 4 is 0 Å². The predicted molar refractivity (Wildman–Crippen MR) is 52.9 cm³/mol. The molecule has 0 amide bonds. The number of methoxy groups -OCH3 is 1. The van der Waals surface area contributed by atoms with E-state index in [1.54, 1.807) is 25.8 Å². The molecule has 2 aromatic rings. The maximum Gasteiger partial charge on any atom is 0.166 e. The summed E-state index contributed by atoms with van der Waals surface area (Å²) in [5.41, 5.74) is 0.853. The average Bonchev–Trinajstić information content (AvgIpc) is 2.75. The third-order valence-electron chi connectivity index (χ3n) is 1.97. The quantitative estimate of drug-likeness (QED) is 0.722. The van der Waals surface area contributed by atoms with Gasteiger partial charge in [-0.15, -0.1) is 10.2 Å². The van der Waals surface area contributed by atoms with Crippen LogP contribution in [0.2, 0.25) is 0 Å². The second-order valence-electron chi connectivity index (χ2n) is 2.97. The van der Waals surface area contributed by atoms with Crippen LogP contribution >= 0.6 is 0 Å². The molecule has 0 N–H and O–H groups in total. The van der Waals surface area contributed by atoms with Gasteiger partial charge >= 0.3 is 0 Å². The summed E-state index contributed by atoms with van der Waals surface area (Å²) in [6.45, 7) is 1.34. The van der Waals surface area contributed by atoms with Gasteiger partial charge in [-0.1, -0.05) is 0 Å². The van der Waals surface area contributed by atoms with Crippen molar-refractivity contribution in [2.45, 2.75) is 6.54 Å². The molecule has 0 aliphatic heterocycles. The summed E-state index contributed by atoms with van der Waals surface area (Å²) >= 11 is 0. The van der Waals surface area contributed by atoms with Gasteiger partial charge in [0.05, 0.1) is 12.2 Å². The van der Waals surface area contributed by atoms with Crippen molar-refractivity contribution in [2.75, 3.05) is 13.7 Å². The van der Waals surface area contributed by atoms with Crippen molar-refractivity contribution in [3.63, 3.8) is 0 Å². The molecule has 2 rings (SSSR count). The highest BCUT2D eigenvalue weighted by molar-refractivity contribution is 5.51. The molecule has 0 aliphatic carbocycles. The molecule has 0 saturated heterocycles. The topological polar surface area (TPSA) is 65.7 Å². The molecule has 6 heteroatoms. The number of rotatable bonds is 4. The van der Waals surface area contributed by atoms with Crippen molar-refractivity contribution in [1.82, 2.24) is 24.7 Å². The van der Waals surface area contributed by atoms with E-state index in [2.05, 4.69) is 20.2 Å². The first-order valence-electron chi connectivity index (χ1n) is 4.54. The number of hydrogen-bond donors (Lipinski definition) is 0. The number of ether oxygens (including phenoxy) is 1. The first-order valence-corrected chi connectivity index (χ1v) is 4.54. The molecule has 0 bridgehead atoms. The van der Waals surface area contributed by atoms with Gasteiger partial charge in [-0.05, 0) is 0 Å². The Morgan fingerprint density at radius 1 is 1.33 bits per heavy atom. The van der Waals surface area contributed by atoms with Gasteiger partial charge in [0.2, 0.25) is 0 Å². The molecule has 0 aliphatic rings. The third-order valence-corrected chi connectivity index (χ3v) is 1.97. The van der Waals surface area contributed by atoms with Crippen molar-refractivity contribution in [2.24, 2.45) is 0 Å². The number of aromatic nitrogens is 5. The normalized spacial score (nSPS) is 10.5. The van der Waals surface area contributed by atoms with Crippen LogP contribution in [0.25, 0.3) is 11.4 Å². The van der Waals surface area contributed by atoms with E-state index in [-0.39, 0.29) is 0 Å². The Kier molecular flexibility index (Phi) is 2.99. The van der Waals surface area contributed by atoms with E-state index in [1.807, 2.05) is 4.57 Å². The Hall–Kier alpha value is -1.82. The van der Waals surface area contributed by atoms with Gasteiger partial charge in [0.25, 0.3) is 0 Å². The predicted octanol–water partition coefficient (Wildman–Crippen LogP) is 0.381. The largest absolute Gasteiger partial charge is 0.383 e. The zero-order chi connectivity index (χ0) is 10.5. The van der Waals surface area contributed by atoms with E-state index in [1.165, 1.54) is 6.33 Å². The number of hydrogen-bond acceptors (Lipinski definition) is 5. The molecule has 2 aromatic heterocycles. The van der Waals surface area contributed by atoms with Crippen LogP contribution in [-0.4, -0.2) is 38.4 Å². The minimum atomic E-state index is 0.624. The fraction of sp³-hybridized carbons (Fsp3) is 0.333. The van der Waals surface area contributed by atoms with Gasteiger partial charge in [-0.25, -0.2) is 9.97 Å². The molecule has 78 valence electrons. The number of nitrogens with zero attached hydrogens (tertiary/aromatic N) is 5. The Morgan fingerprint density at radius 2 is 2.13 bits per heavy atom. The van der Waals surface area contributed by atoms with Crippen LogP contribution in [0.4, 0.5) is 0 Å². The van der Waals surface area contributed by atoms with Gasteiger partial charge < -0.3 is 9.30 Å². The SMILES string of the molecule is COCCn1cnnc1-c1cncnc1. The first kappa shape index (κ1) is 9.72. The highest BCUT2D eigenvalue weighted by Gasteiger charge is 2.06. The zero-order valence-electron chi connectivity index (χ0n) is 8.37. The molecule has 0 saturated carbocycles. The van der Waals surface area contributed by atoms with Gasteiger partial charge in [-0.2, -0.15) is 0 Å². The monoisotopic (exact) mass is 205 g/mol. The minimum absolute atomic E-state index is 0.624. The van der Waals surface area contributed by atoms with Crippen molar-refractivity contribution < 1.29 is 4.74 Å². The average molecular weight is 205 g/mol. The summed E-state index contributed by atoms with van der Waals surface area (Å²) in [7, 11) is 1.66. The van der Waals surface area contributed by atoms with Crippen LogP contribution in [0, 0.1) is 0 Å². The van der Waals surface area contributed by atoms with Crippen molar-refractivity contribution in [3.8, 4) is 11.4 Å². The lowest BCUT2D eigenvalue weighted by molar-refractivity contribution is 0.187. The van der Waals surface area contributed by atoms with Crippen LogP contribution in [0.1, 0.15) is 0 Å². The summed E-state index contributed by atoms with van der Waals surface area (Å²) < 4.78 is 6.90. The molecule has 2 heterocycles. The second kappa shape index (κ2) is 4.61. The Morgan fingerprint density at radius 3 is 2.87 bits per heavy atom. The maximum atomic E-state index is 5.00. The van der Waals surface area contributed by atoms with E-state index < -0.39 is 0 Å². The van der Waals surface area contributed by atoms with Crippen LogP contribution in [0.15, 0.2) is 25.0 Å². The molecule has 0 atom stereocenters. The van der Waals surface area contributed by atoms with E-state index in [0.29, 0.717) is 13.2 Å². The highest BCUT2D eigenvalue weighted by atomic mass is 16.5. The molecule has 0 radical (unpaired) electrons. The highest BCUT2D eigenvalue weighted by Crippen LogP contribution is 2.12. The van der Waals surface area contributed by atoms with E-state index in [0.717, 1.165) is 11.4 Å². The lowest BCUT2D eigenvalue weighted by Crippen LogP contribution is -2.05. The Labute approximate surface area is 87.0 Å². The van der Waals surface area contributed by atoms with E-state index in [9.17, 15) is 0 Å². The summed E-state index contributed by atoms with van der Waals surface area (Å²) in [5.74, 6) is 0.757. The molecule has 0 aromatic carbocycles. The molecule has 6 nitrogen and oxygen atoms in total. The lowest BCUT2D eigenvalue weighted by atomic mass is 10.3. The molecule has 0 spiro atoms. The van der Waals surface area contributed by atoms with Crippen molar-refractivity contribution in [3.05, 3.63) is 25.0 Å². The van der Waals surface area contributed by atoms with Gasteiger partial charge in [0, 0.05) is 26.0 Å². The van der Waals surface area contributed by atoms with Gasteiger partial charge in [0.1, 0.15) is 12.7 Å². The summed E-state index contributed by atoms with van der Waals surface area (Å²) in [6, 6.07) is 0. The summed E-state index contributed by atoms with van der Waals surface area (Å²) in [6.07, 6.45) is 6.57. The smallest absolute Gasteiger partial charge is 0.166 e. The molecule has 15 heavy (non-hydrogen) atoms. The minimum Gasteiger partial charge on any atom is -0.383 e. The lowest BCUT2D eigenvalue weighted by Gasteiger charge is -2.04. The van der Waals surface area contributed by atoms with E-state index in [4.69, 9.17) is 4.74 Å². The molecular formula is C9H11N5O. The molecule has 0 fully saturated rings. The van der Waals surface area contributed by atoms with Gasteiger partial charge in [0.15, 0.2) is 5.82 Å².